The molecule has 29 heavy (non-hydrogen) atoms. The van der Waals surface area contributed by atoms with Crippen molar-refractivity contribution >= 4 is 34.6 Å². The molecule has 0 unspecified atom stereocenters. The van der Waals surface area contributed by atoms with Gasteiger partial charge in [-0.3, -0.25) is 9.69 Å². The first kappa shape index (κ1) is 17.7. The maximum atomic E-state index is 12.7. The molecular weight excluding hydrogens is 384 g/mol. The predicted octanol–water partition coefficient (Wildman–Crippen LogP) is 4.14. The SMILES string of the molecule is O=C1CN(c2ccc(Cc3ccccc3)cc2)C(=S)N1c1ccc2c(c1)OCO2. The van der Waals surface area contributed by atoms with Crippen molar-refractivity contribution in [2.75, 3.05) is 23.1 Å². The van der Waals surface area contributed by atoms with E-state index in [4.69, 9.17) is 21.7 Å². The highest BCUT2D eigenvalue weighted by Crippen LogP contribution is 2.37. The van der Waals surface area contributed by atoms with E-state index in [2.05, 4.69) is 24.3 Å². The van der Waals surface area contributed by atoms with Crippen LogP contribution in [0.15, 0.2) is 72.8 Å². The summed E-state index contributed by atoms with van der Waals surface area (Å²) in [6.45, 7) is 0.407. The number of thiocarbonyl (C=S) groups is 1. The topological polar surface area (TPSA) is 42.0 Å². The van der Waals surface area contributed by atoms with E-state index in [9.17, 15) is 4.79 Å². The first-order valence-corrected chi connectivity index (χ1v) is 9.77. The molecule has 0 spiro atoms. The lowest BCUT2D eigenvalue weighted by Gasteiger charge is -2.21. The number of rotatable bonds is 4. The molecule has 1 fully saturated rings. The van der Waals surface area contributed by atoms with Gasteiger partial charge < -0.3 is 14.4 Å². The Hall–Kier alpha value is -3.38. The molecule has 0 radical (unpaired) electrons. The van der Waals surface area contributed by atoms with Crippen LogP contribution in [0.3, 0.4) is 0 Å². The lowest BCUT2D eigenvalue weighted by atomic mass is 10.0. The van der Waals surface area contributed by atoms with Crippen LogP contribution >= 0.6 is 12.2 Å². The highest BCUT2D eigenvalue weighted by molar-refractivity contribution is 7.81. The number of anilines is 2. The van der Waals surface area contributed by atoms with E-state index in [0.717, 1.165) is 12.1 Å². The minimum Gasteiger partial charge on any atom is -0.454 e. The van der Waals surface area contributed by atoms with Gasteiger partial charge in [0.2, 0.25) is 6.79 Å². The second-order valence-electron chi connectivity index (χ2n) is 6.96. The van der Waals surface area contributed by atoms with Gasteiger partial charge in [-0.25, -0.2) is 0 Å². The van der Waals surface area contributed by atoms with Crippen molar-refractivity contribution in [1.29, 1.82) is 0 Å². The standard InChI is InChI=1S/C23H18N2O3S/c26-22-14-24(18-8-6-17(7-9-18)12-16-4-2-1-3-5-16)23(29)25(22)19-10-11-20-21(13-19)28-15-27-20/h1-11,13H,12,14-15H2. The fourth-order valence-corrected chi connectivity index (χ4v) is 3.98. The van der Waals surface area contributed by atoms with Crippen LogP contribution in [-0.2, 0) is 11.2 Å². The molecule has 144 valence electrons. The van der Waals surface area contributed by atoms with E-state index in [1.165, 1.54) is 11.1 Å². The van der Waals surface area contributed by atoms with Gasteiger partial charge >= 0.3 is 0 Å². The Labute approximate surface area is 174 Å². The van der Waals surface area contributed by atoms with Crippen molar-refractivity contribution in [3.8, 4) is 11.5 Å². The number of amides is 1. The summed E-state index contributed by atoms with van der Waals surface area (Å²) in [5.41, 5.74) is 4.07. The van der Waals surface area contributed by atoms with Crippen LogP contribution in [0.1, 0.15) is 11.1 Å². The Kier molecular flexibility index (Phi) is 4.41. The van der Waals surface area contributed by atoms with Crippen LogP contribution in [0.5, 0.6) is 11.5 Å². The van der Waals surface area contributed by atoms with E-state index in [1.807, 2.05) is 41.3 Å². The minimum absolute atomic E-state index is 0.0674. The number of benzene rings is 3. The molecule has 0 atom stereocenters. The molecule has 2 aliphatic rings. The summed E-state index contributed by atoms with van der Waals surface area (Å²) in [5.74, 6) is 1.24. The van der Waals surface area contributed by atoms with Crippen molar-refractivity contribution in [1.82, 2.24) is 0 Å². The van der Waals surface area contributed by atoms with Crippen LogP contribution in [-0.4, -0.2) is 24.4 Å². The van der Waals surface area contributed by atoms with Gasteiger partial charge in [0.15, 0.2) is 16.6 Å². The van der Waals surface area contributed by atoms with E-state index < -0.39 is 0 Å². The van der Waals surface area contributed by atoms with Crippen molar-refractivity contribution in [3.63, 3.8) is 0 Å². The number of carbonyl (C=O) groups is 1. The molecule has 0 saturated carbocycles. The first-order valence-electron chi connectivity index (χ1n) is 9.36. The summed E-state index contributed by atoms with van der Waals surface area (Å²) >= 11 is 5.63. The van der Waals surface area contributed by atoms with Crippen molar-refractivity contribution in [3.05, 3.63) is 83.9 Å². The molecule has 1 amide bonds. The Bertz CT molecular complexity index is 1080. The number of nitrogens with zero attached hydrogens (tertiary/aromatic N) is 2. The van der Waals surface area contributed by atoms with Gasteiger partial charge in [0, 0.05) is 11.8 Å². The van der Waals surface area contributed by atoms with Crippen LogP contribution in [0.25, 0.3) is 0 Å². The van der Waals surface area contributed by atoms with Crippen molar-refractivity contribution < 1.29 is 14.3 Å². The zero-order valence-electron chi connectivity index (χ0n) is 15.6. The number of ether oxygens (including phenoxy) is 2. The summed E-state index contributed by atoms with van der Waals surface area (Å²) in [6.07, 6.45) is 0.869. The third-order valence-electron chi connectivity index (χ3n) is 5.08. The molecule has 5 nitrogen and oxygen atoms in total. The number of fused-ring (bicyclic) bond motifs is 1. The van der Waals surface area contributed by atoms with Gasteiger partial charge in [-0.2, -0.15) is 0 Å². The van der Waals surface area contributed by atoms with Gasteiger partial charge in [-0.1, -0.05) is 42.5 Å². The summed E-state index contributed by atoms with van der Waals surface area (Å²) in [4.78, 5) is 16.1. The number of hydrogen-bond donors (Lipinski definition) is 0. The lowest BCUT2D eigenvalue weighted by molar-refractivity contribution is -0.115. The first-order chi connectivity index (χ1) is 14.2. The fourth-order valence-electron chi connectivity index (χ4n) is 3.61. The van der Waals surface area contributed by atoms with Gasteiger partial charge in [0.1, 0.15) is 6.54 Å². The molecule has 6 heteroatoms. The summed E-state index contributed by atoms with van der Waals surface area (Å²) in [5, 5.41) is 0.463. The number of hydrogen-bond acceptors (Lipinski definition) is 4. The molecule has 0 bridgehead atoms. The zero-order chi connectivity index (χ0) is 19.8. The van der Waals surface area contributed by atoms with Gasteiger partial charge in [-0.05, 0) is 54.0 Å². The normalized spacial score (nSPS) is 15.3. The van der Waals surface area contributed by atoms with Crippen LogP contribution < -0.4 is 19.3 Å². The Morgan fingerprint density at radius 2 is 1.52 bits per heavy atom. The molecule has 2 heterocycles. The van der Waals surface area contributed by atoms with Gasteiger partial charge in [-0.15, -0.1) is 0 Å². The fraction of sp³-hybridized carbons (Fsp3) is 0.130. The molecular formula is C23H18N2O3S. The monoisotopic (exact) mass is 402 g/mol. The smallest absolute Gasteiger partial charge is 0.253 e. The van der Waals surface area contributed by atoms with E-state index in [-0.39, 0.29) is 19.2 Å². The minimum atomic E-state index is -0.0674. The Morgan fingerprint density at radius 1 is 0.828 bits per heavy atom. The number of carbonyl (C=O) groups excluding carboxylic acids is 1. The van der Waals surface area contributed by atoms with E-state index >= 15 is 0 Å². The summed E-state index contributed by atoms with van der Waals surface area (Å²) in [6, 6.07) is 23.9. The lowest BCUT2D eigenvalue weighted by Crippen LogP contribution is -2.32. The second kappa shape index (κ2) is 7.22. The second-order valence-corrected chi connectivity index (χ2v) is 7.33. The van der Waals surface area contributed by atoms with E-state index in [1.54, 1.807) is 17.0 Å². The molecule has 2 aliphatic heterocycles. The Balaban J connectivity index is 1.35. The van der Waals surface area contributed by atoms with Crippen LogP contribution in [0.2, 0.25) is 0 Å². The van der Waals surface area contributed by atoms with Gasteiger partial charge in [0.05, 0.1) is 5.69 Å². The largest absolute Gasteiger partial charge is 0.454 e. The third kappa shape index (κ3) is 3.32. The molecule has 0 aliphatic carbocycles. The Morgan fingerprint density at radius 3 is 2.31 bits per heavy atom. The highest BCUT2D eigenvalue weighted by Gasteiger charge is 2.35. The molecule has 3 aromatic carbocycles. The maximum Gasteiger partial charge on any atom is 0.253 e. The highest BCUT2D eigenvalue weighted by atomic mass is 32.1. The van der Waals surface area contributed by atoms with Crippen molar-refractivity contribution in [2.45, 2.75) is 6.42 Å². The predicted molar refractivity (Wildman–Crippen MR) is 116 cm³/mol. The maximum absolute atomic E-state index is 12.7. The van der Waals surface area contributed by atoms with Crippen molar-refractivity contribution in [2.24, 2.45) is 0 Å². The molecule has 1 saturated heterocycles. The zero-order valence-corrected chi connectivity index (χ0v) is 16.4. The molecule has 0 aromatic heterocycles. The molecule has 3 aromatic rings. The van der Waals surface area contributed by atoms with Crippen LogP contribution in [0, 0.1) is 0 Å². The third-order valence-corrected chi connectivity index (χ3v) is 5.48. The van der Waals surface area contributed by atoms with Crippen LogP contribution in [0.4, 0.5) is 11.4 Å². The van der Waals surface area contributed by atoms with Gasteiger partial charge in [0.25, 0.3) is 5.91 Å². The average molecular weight is 402 g/mol. The van der Waals surface area contributed by atoms with E-state index in [0.29, 0.717) is 22.3 Å². The average Bonchev–Trinajstić information content (AvgIpc) is 3.32. The molecule has 5 rings (SSSR count). The quantitative estimate of drug-likeness (QED) is 0.614. The molecule has 0 N–H and O–H groups in total. The summed E-state index contributed by atoms with van der Waals surface area (Å²) < 4.78 is 10.8. The summed E-state index contributed by atoms with van der Waals surface area (Å²) in [7, 11) is 0.